The van der Waals surface area contributed by atoms with E-state index in [2.05, 4.69) is 15.6 Å². The molecule has 1 aromatic heterocycles. The molecule has 0 unspecified atom stereocenters. The number of halogens is 2. The normalized spacial score (nSPS) is 11.6. The second-order valence-corrected chi connectivity index (χ2v) is 7.03. The third-order valence-electron chi connectivity index (χ3n) is 4.16. The Bertz CT molecular complexity index is 1140. The lowest BCUT2D eigenvalue weighted by molar-refractivity contribution is 0.0949. The van der Waals surface area contributed by atoms with Crippen molar-refractivity contribution in [3.05, 3.63) is 74.1 Å². The molecule has 3 rings (SSSR count). The van der Waals surface area contributed by atoms with Crippen LogP contribution in [0.5, 0.6) is 0 Å². The van der Waals surface area contributed by atoms with Gasteiger partial charge in [0.15, 0.2) is 5.69 Å². The van der Waals surface area contributed by atoms with Gasteiger partial charge in [-0.1, -0.05) is 54.4 Å². The molecule has 0 aliphatic heterocycles. The molecule has 0 spiro atoms. The van der Waals surface area contributed by atoms with E-state index in [1.54, 1.807) is 49.4 Å². The molecule has 0 saturated heterocycles. The van der Waals surface area contributed by atoms with Crippen molar-refractivity contribution in [1.82, 2.24) is 15.2 Å². The number of benzene rings is 2. The summed E-state index contributed by atoms with van der Waals surface area (Å²) in [5, 5.41) is 10.2. The average molecular weight is 417 g/mol. The third-order valence-corrected chi connectivity index (χ3v) is 4.71. The Morgan fingerprint density at radius 3 is 2.57 bits per heavy atom. The highest BCUT2D eigenvalue weighted by atomic mass is 35.5. The molecule has 3 aromatic rings. The molecule has 1 amide bonds. The number of rotatable bonds is 5. The van der Waals surface area contributed by atoms with Crippen LogP contribution in [0, 0.1) is 0 Å². The Hall–Kier alpha value is -2.70. The molecule has 0 fully saturated rings. The average Bonchev–Trinajstić information content (AvgIpc) is 2.68. The van der Waals surface area contributed by atoms with Gasteiger partial charge in [-0.3, -0.25) is 9.59 Å². The quantitative estimate of drug-likeness (QED) is 0.498. The number of amides is 1. The van der Waals surface area contributed by atoms with Gasteiger partial charge in [-0.05, 0) is 31.5 Å². The predicted molar refractivity (Wildman–Crippen MR) is 112 cm³/mol. The standard InChI is InChI=1S/C20H18Cl2N4O2/c1-3-10-26-20(28)16-7-5-4-6-15(16)18(25-26)19(27)24-23-12(2)14-9-8-13(21)11-17(14)22/h4-9,11H,3,10H2,1-2H3,(H,24,27)/b23-12+. The van der Waals surface area contributed by atoms with Crippen molar-refractivity contribution in [1.29, 1.82) is 0 Å². The van der Waals surface area contributed by atoms with Crippen LogP contribution in [0.2, 0.25) is 10.0 Å². The summed E-state index contributed by atoms with van der Waals surface area (Å²) in [5.41, 5.74) is 3.59. The Morgan fingerprint density at radius 1 is 1.18 bits per heavy atom. The minimum atomic E-state index is -0.509. The predicted octanol–water partition coefficient (Wildman–Crippen LogP) is 4.27. The van der Waals surface area contributed by atoms with Gasteiger partial charge in [0, 0.05) is 22.5 Å². The molecule has 0 aliphatic rings. The summed E-state index contributed by atoms with van der Waals surface area (Å²) in [6.07, 6.45) is 0.721. The fourth-order valence-corrected chi connectivity index (χ4v) is 3.34. The van der Waals surface area contributed by atoms with Crippen molar-refractivity contribution in [2.45, 2.75) is 26.8 Å². The molecule has 144 valence electrons. The van der Waals surface area contributed by atoms with E-state index in [1.165, 1.54) is 4.68 Å². The monoisotopic (exact) mass is 416 g/mol. The maximum atomic E-state index is 12.8. The lowest BCUT2D eigenvalue weighted by atomic mass is 10.1. The number of fused-ring (bicyclic) bond motifs is 1. The first-order chi connectivity index (χ1) is 13.4. The number of nitrogens with one attached hydrogen (secondary N) is 1. The van der Waals surface area contributed by atoms with Crippen molar-refractivity contribution in [3.8, 4) is 0 Å². The van der Waals surface area contributed by atoms with Crippen LogP contribution in [0.1, 0.15) is 36.3 Å². The minimum Gasteiger partial charge on any atom is -0.267 e. The van der Waals surface area contributed by atoms with E-state index in [0.29, 0.717) is 38.6 Å². The zero-order valence-electron chi connectivity index (χ0n) is 15.4. The van der Waals surface area contributed by atoms with Gasteiger partial charge < -0.3 is 0 Å². The minimum absolute atomic E-state index is 0.141. The number of hydrazone groups is 1. The van der Waals surface area contributed by atoms with E-state index in [4.69, 9.17) is 23.2 Å². The first-order valence-corrected chi connectivity index (χ1v) is 9.48. The number of carbonyl (C=O) groups excluding carboxylic acids is 1. The Labute approximate surface area is 171 Å². The molecular weight excluding hydrogens is 399 g/mol. The highest BCUT2D eigenvalue weighted by Crippen LogP contribution is 2.21. The molecule has 1 heterocycles. The lowest BCUT2D eigenvalue weighted by Crippen LogP contribution is -2.29. The molecule has 6 nitrogen and oxygen atoms in total. The van der Waals surface area contributed by atoms with Crippen molar-refractivity contribution < 1.29 is 4.79 Å². The van der Waals surface area contributed by atoms with E-state index in [0.717, 1.165) is 6.42 Å². The van der Waals surface area contributed by atoms with E-state index in [1.807, 2.05) is 6.92 Å². The van der Waals surface area contributed by atoms with Crippen LogP contribution in [0.3, 0.4) is 0 Å². The maximum Gasteiger partial charge on any atom is 0.292 e. The van der Waals surface area contributed by atoms with Crippen molar-refractivity contribution in [2.75, 3.05) is 0 Å². The van der Waals surface area contributed by atoms with Gasteiger partial charge in [-0.25, -0.2) is 10.1 Å². The summed E-state index contributed by atoms with van der Waals surface area (Å²) in [6.45, 7) is 4.08. The highest BCUT2D eigenvalue weighted by Gasteiger charge is 2.16. The van der Waals surface area contributed by atoms with Crippen LogP contribution in [-0.4, -0.2) is 21.4 Å². The molecule has 0 saturated carbocycles. The molecule has 0 radical (unpaired) electrons. The largest absolute Gasteiger partial charge is 0.292 e. The maximum absolute atomic E-state index is 12.8. The van der Waals surface area contributed by atoms with Crippen LogP contribution in [0.25, 0.3) is 10.8 Å². The van der Waals surface area contributed by atoms with Gasteiger partial charge in [0.05, 0.1) is 16.1 Å². The number of aromatic nitrogens is 2. The number of nitrogens with zero attached hydrogens (tertiary/aromatic N) is 3. The molecule has 0 aliphatic carbocycles. The first kappa shape index (κ1) is 20.0. The summed E-state index contributed by atoms with van der Waals surface area (Å²) < 4.78 is 1.31. The molecule has 0 atom stereocenters. The summed E-state index contributed by atoms with van der Waals surface area (Å²) in [4.78, 5) is 25.3. The number of hydrogen-bond acceptors (Lipinski definition) is 4. The SMILES string of the molecule is CCCn1nc(C(=O)N/N=C(\C)c2ccc(Cl)cc2Cl)c2ccccc2c1=O. The fraction of sp³-hybridized carbons (Fsp3) is 0.200. The summed E-state index contributed by atoms with van der Waals surface area (Å²) in [6, 6.07) is 11.9. The second-order valence-electron chi connectivity index (χ2n) is 6.18. The van der Waals surface area contributed by atoms with Crippen molar-refractivity contribution in [2.24, 2.45) is 5.10 Å². The van der Waals surface area contributed by atoms with Crippen LogP contribution < -0.4 is 11.0 Å². The van der Waals surface area contributed by atoms with Gasteiger partial charge in [-0.2, -0.15) is 10.2 Å². The van der Waals surface area contributed by atoms with Gasteiger partial charge >= 0.3 is 0 Å². The summed E-state index contributed by atoms with van der Waals surface area (Å²) in [7, 11) is 0. The molecule has 0 bridgehead atoms. The van der Waals surface area contributed by atoms with Crippen LogP contribution >= 0.6 is 23.2 Å². The molecular formula is C20H18Cl2N4O2. The Morgan fingerprint density at radius 2 is 1.89 bits per heavy atom. The van der Waals surface area contributed by atoms with Crippen LogP contribution in [0.15, 0.2) is 52.4 Å². The molecule has 8 heteroatoms. The van der Waals surface area contributed by atoms with Gasteiger partial charge in [0.2, 0.25) is 0 Å². The van der Waals surface area contributed by atoms with Gasteiger partial charge in [-0.15, -0.1) is 0 Å². The van der Waals surface area contributed by atoms with Gasteiger partial charge in [0.1, 0.15) is 0 Å². The fourth-order valence-electron chi connectivity index (χ4n) is 2.80. The van der Waals surface area contributed by atoms with Crippen LogP contribution in [-0.2, 0) is 6.54 Å². The topological polar surface area (TPSA) is 76.3 Å². The first-order valence-electron chi connectivity index (χ1n) is 8.72. The zero-order valence-corrected chi connectivity index (χ0v) is 16.9. The lowest BCUT2D eigenvalue weighted by Gasteiger charge is -2.10. The third kappa shape index (κ3) is 4.08. The number of hydrogen-bond donors (Lipinski definition) is 1. The summed E-state index contributed by atoms with van der Waals surface area (Å²) >= 11 is 12.1. The van der Waals surface area contributed by atoms with E-state index >= 15 is 0 Å². The molecule has 28 heavy (non-hydrogen) atoms. The van der Waals surface area contributed by atoms with E-state index in [-0.39, 0.29) is 11.3 Å². The van der Waals surface area contributed by atoms with Gasteiger partial charge in [0.25, 0.3) is 11.5 Å². The number of aryl methyl sites for hydroxylation is 1. The molecule has 1 N–H and O–H groups in total. The second kappa shape index (κ2) is 8.54. The highest BCUT2D eigenvalue weighted by molar-refractivity contribution is 6.37. The van der Waals surface area contributed by atoms with Crippen LogP contribution in [0.4, 0.5) is 0 Å². The van der Waals surface area contributed by atoms with Crippen molar-refractivity contribution in [3.63, 3.8) is 0 Å². The Kier molecular flexibility index (Phi) is 6.11. The number of carbonyl (C=O) groups is 1. The summed E-state index contributed by atoms with van der Waals surface area (Å²) in [5.74, 6) is -0.509. The molecule has 2 aromatic carbocycles. The smallest absolute Gasteiger partial charge is 0.267 e. The Balaban J connectivity index is 1.97. The van der Waals surface area contributed by atoms with E-state index in [9.17, 15) is 9.59 Å². The van der Waals surface area contributed by atoms with Crippen molar-refractivity contribution >= 4 is 45.6 Å². The van der Waals surface area contributed by atoms with E-state index < -0.39 is 5.91 Å². The zero-order chi connectivity index (χ0) is 20.3.